The van der Waals surface area contributed by atoms with Crippen LogP contribution in [0.4, 0.5) is 0 Å². The van der Waals surface area contributed by atoms with Crippen LogP contribution >= 0.6 is 34.2 Å². The molecule has 1 aliphatic rings. The van der Waals surface area contributed by atoms with E-state index in [1.54, 1.807) is 0 Å². The van der Waals surface area contributed by atoms with Crippen molar-refractivity contribution in [3.63, 3.8) is 0 Å². The quantitative estimate of drug-likeness (QED) is 0.672. The van der Waals surface area contributed by atoms with Gasteiger partial charge in [0.2, 0.25) is 0 Å². The zero-order chi connectivity index (χ0) is 13.3. The van der Waals surface area contributed by atoms with E-state index in [0.717, 1.165) is 35.1 Å². The molecule has 0 atom stereocenters. The van der Waals surface area contributed by atoms with Crippen molar-refractivity contribution in [2.24, 2.45) is 5.41 Å². The highest BCUT2D eigenvalue weighted by Gasteiger charge is 2.29. The minimum Gasteiger partial charge on any atom is -0.339 e. The number of hydrogen-bond acceptors (Lipinski definition) is 1. The Balaban J connectivity index is 2.15. The van der Waals surface area contributed by atoms with Gasteiger partial charge in [0.25, 0.3) is 5.91 Å². The molecule has 0 aromatic heterocycles. The third kappa shape index (κ3) is 2.99. The van der Waals surface area contributed by atoms with E-state index in [1.807, 2.05) is 23.1 Å². The predicted octanol–water partition coefficient (Wildman–Crippen LogP) is 4.21. The average Bonchev–Trinajstić information content (AvgIpc) is 2.32. The molecule has 2 rings (SSSR count). The maximum Gasteiger partial charge on any atom is 0.254 e. The number of carbonyl (C=O) groups is 1. The summed E-state index contributed by atoms with van der Waals surface area (Å²) in [7, 11) is 0. The Morgan fingerprint density at radius 1 is 1.33 bits per heavy atom. The molecule has 0 spiro atoms. The van der Waals surface area contributed by atoms with Crippen LogP contribution in [-0.2, 0) is 0 Å². The fraction of sp³-hybridized carbons (Fsp3) is 0.500. The van der Waals surface area contributed by atoms with Gasteiger partial charge in [-0.2, -0.15) is 0 Å². The van der Waals surface area contributed by atoms with E-state index >= 15 is 0 Å². The molecule has 4 heteroatoms. The molecular formula is C14H17ClINO. The average molecular weight is 378 g/mol. The summed E-state index contributed by atoms with van der Waals surface area (Å²) < 4.78 is 0.853. The molecule has 2 nitrogen and oxygen atoms in total. The Morgan fingerprint density at radius 2 is 1.94 bits per heavy atom. The minimum absolute atomic E-state index is 0.109. The minimum atomic E-state index is 0.109. The summed E-state index contributed by atoms with van der Waals surface area (Å²) in [5.74, 6) is 0.109. The summed E-state index contributed by atoms with van der Waals surface area (Å²) in [6.45, 7) is 6.21. The van der Waals surface area contributed by atoms with Crippen LogP contribution in [0.25, 0.3) is 0 Å². The van der Waals surface area contributed by atoms with Gasteiger partial charge in [0.1, 0.15) is 0 Å². The maximum atomic E-state index is 12.4. The van der Waals surface area contributed by atoms with E-state index in [9.17, 15) is 4.79 Å². The van der Waals surface area contributed by atoms with Crippen molar-refractivity contribution >= 4 is 40.1 Å². The van der Waals surface area contributed by atoms with Crippen molar-refractivity contribution in [1.29, 1.82) is 0 Å². The monoisotopic (exact) mass is 377 g/mol. The molecule has 1 aromatic rings. The number of piperidine rings is 1. The van der Waals surface area contributed by atoms with E-state index in [2.05, 4.69) is 36.4 Å². The summed E-state index contributed by atoms with van der Waals surface area (Å²) in [4.78, 5) is 14.4. The smallest absolute Gasteiger partial charge is 0.254 e. The Bertz CT molecular complexity index is 463. The molecule has 0 bridgehead atoms. The van der Waals surface area contributed by atoms with Crippen LogP contribution in [0.15, 0.2) is 18.2 Å². The molecule has 1 aromatic carbocycles. The predicted molar refractivity (Wildman–Crippen MR) is 83.1 cm³/mol. The molecule has 0 unspecified atom stereocenters. The van der Waals surface area contributed by atoms with Crippen molar-refractivity contribution < 1.29 is 4.79 Å². The molecule has 0 saturated carbocycles. The fourth-order valence-electron chi connectivity index (χ4n) is 2.15. The number of hydrogen-bond donors (Lipinski definition) is 0. The second-order valence-corrected chi connectivity index (χ2v) is 7.04. The molecule has 0 N–H and O–H groups in total. The normalized spacial score (nSPS) is 18.8. The van der Waals surface area contributed by atoms with Crippen LogP contribution in [-0.4, -0.2) is 23.9 Å². The van der Waals surface area contributed by atoms with Gasteiger partial charge in [-0.25, -0.2) is 0 Å². The van der Waals surface area contributed by atoms with Crippen molar-refractivity contribution in [3.05, 3.63) is 32.4 Å². The second kappa shape index (κ2) is 5.37. The fourth-order valence-corrected chi connectivity index (χ4v) is 2.92. The van der Waals surface area contributed by atoms with Gasteiger partial charge in [-0.15, -0.1) is 0 Å². The van der Waals surface area contributed by atoms with Crippen LogP contribution < -0.4 is 0 Å². The van der Waals surface area contributed by atoms with Gasteiger partial charge < -0.3 is 4.90 Å². The number of benzene rings is 1. The number of rotatable bonds is 1. The van der Waals surface area contributed by atoms with Crippen molar-refractivity contribution in [1.82, 2.24) is 4.90 Å². The van der Waals surface area contributed by atoms with Gasteiger partial charge in [-0.1, -0.05) is 31.5 Å². The van der Waals surface area contributed by atoms with Gasteiger partial charge >= 0.3 is 0 Å². The summed E-state index contributed by atoms with van der Waals surface area (Å²) in [5, 5.41) is 0.652. The SMILES string of the molecule is CC1(C)CCN(C(=O)c2cccc(Cl)c2I)CC1. The van der Waals surface area contributed by atoms with E-state index in [1.165, 1.54) is 0 Å². The van der Waals surface area contributed by atoms with Gasteiger partial charge in [0, 0.05) is 16.7 Å². The lowest BCUT2D eigenvalue weighted by Gasteiger charge is -2.37. The largest absolute Gasteiger partial charge is 0.339 e. The van der Waals surface area contributed by atoms with Crippen LogP contribution in [0.5, 0.6) is 0 Å². The van der Waals surface area contributed by atoms with Crippen molar-refractivity contribution in [2.75, 3.05) is 13.1 Å². The Labute approximate surface area is 127 Å². The first-order valence-electron chi connectivity index (χ1n) is 6.14. The highest BCUT2D eigenvalue weighted by Crippen LogP contribution is 2.31. The van der Waals surface area contributed by atoms with E-state index in [4.69, 9.17) is 11.6 Å². The second-order valence-electron chi connectivity index (χ2n) is 5.56. The van der Waals surface area contributed by atoms with Gasteiger partial charge in [0.05, 0.1) is 10.6 Å². The number of amides is 1. The Hall–Kier alpha value is -0.290. The first kappa shape index (κ1) is 14.1. The first-order valence-corrected chi connectivity index (χ1v) is 7.60. The summed E-state index contributed by atoms with van der Waals surface area (Å²) in [6.07, 6.45) is 2.13. The molecule has 1 heterocycles. The van der Waals surface area contributed by atoms with Gasteiger partial charge in [-0.05, 0) is 53.0 Å². The van der Waals surface area contributed by atoms with Gasteiger partial charge in [0.15, 0.2) is 0 Å². The third-order valence-corrected chi connectivity index (χ3v) is 5.38. The molecule has 1 saturated heterocycles. The highest BCUT2D eigenvalue weighted by molar-refractivity contribution is 14.1. The Kier molecular flexibility index (Phi) is 4.22. The lowest BCUT2D eigenvalue weighted by Crippen LogP contribution is -2.41. The van der Waals surface area contributed by atoms with E-state index in [-0.39, 0.29) is 5.91 Å². The molecule has 1 fully saturated rings. The summed E-state index contributed by atoms with van der Waals surface area (Å²) >= 11 is 8.21. The number of carbonyl (C=O) groups excluding carboxylic acids is 1. The van der Waals surface area contributed by atoms with Gasteiger partial charge in [-0.3, -0.25) is 4.79 Å². The first-order chi connectivity index (χ1) is 8.41. The molecule has 1 aliphatic heterocycles. The highest BCUT2D eigenvalue weighted by atomic mass is 127. The van der Waals surface area contributed by atoms with Crippen LogP contribution in [0.3, 0.4) is 0 Å². The Morgan fingerprint density at radius 3 is 2.56 bits per heavy atom. The van der Waals surface area contributed by atoms with Crippen LogP contribution in [0.1, 0.15) is 37.0 Å². The van der Waals surface area contributed by atoms with Crippen molar-refractivity contribution in [3.8, 4) is 0 Å². The lowest BCUT2D eigenvalue weighted by atomic mass is 9.82. The molecule has 0 radical (unpaired) electrons. The lowest BCUT2D eigenvalue weighted by molar-refractivity contribution is 0.0629. The summed E-state index contributed by atoms with van der Waals surface area (Å²) in [5.41, 5.74) is 1.08. The van der Waals surface area contributed by atoms with Crippen LogP contribution in [0, 0.1) is 8.99 Å². The zero-order valence-corrected chi connectivity index (χ0v) is 13.6. The van der Waals surface area contributed by atoms with Crippen molar-refractivity contribution in [2.45, 2.75) is 26.7 Å². The molecule has 1 amide bonds. The zero-order valence-electron chi connectivity index (χ0n) is 10.7. The van der Waals surface area contributed by atoms with Crippen LogP contribution in [0.2, 0.25) is 5.02 Å². The van der Waals surface area contributed by atoms with E-state index in [0.29, 0.717) is 10.4 Å². The third-order valence-electron chi connectivity index (χ3n) is 3.59. The molecular weight excluding hydrogens is 361 g/mol. The summed E-state index contributed by atoms with van der Waals surface area (Å²) in [6, 6.07) is 5.51. The number of nitrogens with zero attached hydrogens (tertiary/aromatic N) is 1. The topological polar surface area (TPSA) is 20.3 Å². The van der Waals surface area contributed by atoms with E-state index < -0.39 is 0 Å². The molecule has 18 heavy (non-hydrogen) atoms. The number of likely N-dealkylation sites (tertiary alicyclic amines) is 1. The number of halogens is 2. The maximum absolute atomic E-state index is 12.4. The standard InChI is InChI=1S/C14H17ClINO/c1-14(2)6-8-17(9-7-14)13(18)10-4-3-5-11(15)12(10)16/h3-5H,6-9H2,1-2H3. The molecule has 98 valence electrons. The molecule has 0 aliphatic carbocycles.